The SMILES string of the molecule is CCCCC(CCCC)(c1ccccc1)C(C)(C)O[SiH3]. The van der Waals surface area contributed by atoms with Gasteiger partial charge in [0.15, 0.2) is 0 Å². The Morgan fingerprint density at radius 2 is 1.45 bits per heavy atom. The van der Waals surface area contributed by atoms with Gasteiger partial charge in [-0.15, -0.1) is 0 Å². The van der Waals surface area contributed by atoms with E-state index in [2.05, 4.69) is 58.0 Å². The van der Waals surface area contributed by atoms with E-state index in [9.17, 15) is 0 Å². The fraction of sp³-hybridized carbons (Fsp3) is 0.667. The van der Waals surface area contributed by atoms with E-state index in [1.165, 1.54) is 44.1 Å². The van der Waals surface area contributed by atoms with Crippen LogP contribution >= 0.6 is 0 Å². The third kappa shape index (κ3) is 3.73. The molecule has 0 heterocycles. The van der Waals surface area contributed by atoms with Gasteiger partial charge in [0.25, 0.3) is 0 Å². The van der Waals surface area contributed by atoms with Crippen molar-refractivity contribution in [3.63, 3.8) is 0 Å². The smallest absolute Gasteiger partial charge is 0.146 e. The first-order chi connectivity index (χ1) is 9.54. The Hall–Kier alpha value is -0.603. The first-order valence-electron chi connectivity index (χ1n) is 8.14. The number of hydrogen-bond acceptors (Lipinski definition) is 1. The lowest BCUT2D eigenvalue weighted by Crippen LogP contribution is -2.49. The first-order valence-corrected chi connectivity index (χ1v) is 8.96. The Morgan fingerprint density at radius 1 is 0.950 bits per heavy atom. The van der Waals surface area contributed by atoms with Crippen LogP contribution in [0.1, 0.15) is 71.8 Å². The van der Waals surface area contributed by atoms with E-state index in [0.29, 0.717) is 0 Å². The number of unbranched alkanes of at least 4 members (excludes halogenated alkanes) is 2. The van der Waals surface area contributed by atoms with Gasteiger partial charge in [0.1, 0.15) is 10.5 Å². The van der Waals surface area contributed by atoms with E-state index in [4.69, 9.17) is 4.43 Å². The van der Waals surface area contributed by atoms with Crippen molar-refractivity contribution in [1.82, 2.24) is 0 Å². The molecule has 2 heteroatoms. The molecule has 0 fully saturated rings. The van der Waals surface area contributed by atoms with Gasteiger partial charge in [0, 0.05) is 5.41 Å². The number of rotatable bonds is 9. The van der Waals surface area contributed by atoms with Crippen LogP contribution in [0.3, 0.4) is 0 Å². The highest BCUT2D eigenvalue weighted by Crippen LogP contribution is 2.45. The van der Waals surface area contributed by atoms with Crippen molar-refractivity contribution in [2.45, 2.75) is 77.2 Å². The van der Waals surface area contributed by atoms with Crippen molar-refractivity contribution in [2.24, 2.45) is 0 Å². The maximum Gasteiger partial charge on any atom is 0.146 e. The van der Waals surface area contributed by atoms with Crippen molar-refractivity contribution in [3.05, 3.63) is 35.9 Å². The zero-order valence-electron chi connectivity index (χ0n) is 14.0. The lowest BCUT2D eigenvalue weighted by Gasteiger charge is -2.47. The maximum absolute atomic E-state index is 6.09. The molecule has 0 amide bonds. The van der Waals surface area contributed by atoms with Crippen LogP contribution in [-0.2, 0) is 9.84 Å². The van der Waals surface area contributed by atoms with E-state index >= 15 is 0 Å². The van der Waals surface area contributed by atoms with Gasteiger partial charge in [0.05, 0.1) is 5.60 Å². The van der Waals surface area contributed by atoms with Gasteiger partial charge in [0.2, 0.25) is 0 Å². The van der Waals surface area contributed by atoms with Crippen molar-refractivity contribution < 1.29 is 4.43 Å². The fourth-order valence-electron chi connectivity index (χ4n) is 3.27. The zero-order valence-corrected chi connectivity index (χ0v) is 16.0. The zero-order chi connectivity index (χ0) is 15.1. The monoisotopic (exact) mass is 292 g/mol. The van der Waals surface area contributed by atoms with Gasteiger partial charge in [-0.3, -0.25) is 0 Å². The summed E-state index contributed by atoms with van der Waals surface area (Å²) in [6, 6.07) is 11.1. The van der Waals surface area contributed by atoms with Crippen molar-refractivity contribution >= 4 is 10.5 Å². The Balaban J connectivity index is 3.25. The molecule has 0 unspecified atom stereocenters. The summed E-state index contributed by atoms with van der Waals surface area (Å²) >= 11 is 0. The second-order valence-corrected chi connectivity index (χ2v) is 6.78. The van der Waals surface area contributed by atoms with Gasteiger partial charge < -0.3 is 4.43 Å². The fourth-order valence-corrected chi connectivity index (χ4v) is 3.66. The average Bonchev–Trinajstić information content (AvgIpc) is 2.48. The van der Waals surface area contributed by atoms with E-state index in [-0.39, 0.29) is 11.0 Å². The lowest BCUT2D eigenvalue weighted by atomic mass is 9.63. The summed E-state index contributed by atoms with van der Waals surface area (Å²) in [5.41, 5.74) is 1.54. The van der Waals surface area contributed by atoms with Crippen LogP contribution in [0.4, 0.5) is 0 Å². The van der Waals surface area contributed by atoms with Crippen molar-refractivity contribution in [3.8, 4) is 0 Å². The molecule has 0 atom stereocenters. The quantitative estimate of drug-likeness (QED) is 0.614. The molecule has 0 radical (unpaired) electrons. The van der Waals surface area contributed by atoms with E-state index in [1.54, 1.807) is 0 Å². The summed E-state index contributed by atoms with van der Waals surface area (Å²) in [5, 5.41) is 0. The average molecular weight is 293 g/mol. The third-order valence-electron chi connectivity index (χ3n) is 4.90. The molecule has 0 bridgehead atoms. The van der Waals surface area contributed by atoms with Crippen LogP contribution in [0, 0.1) is 0 Å². The van der Waals surface area contributed by atoms with Crippen molar-refractivity contribution in [1.29, 1.82) is 0 Å². The predicted molar refractivity (Wildman–Crippen MR) is 92.3 cm³/mol. The molecule has 0 aromatic heterocycles. The van der Waals surface area contributed by atoms with Crippen LogP contribution < -0.4 is 0 Å². The molecule has 0 saturated carbocycles. The van der Waals surface area contributed by atoms with Gasteiger partial charge in [-0.25, -0.2) is 0 Å². The Kier molecular flexibility index (Phi) is 6.97. The Morgan fingerprint density at radius 3 is 1.85 bits per heavy atom. The highest BCUT2D eigenvalue weighted by atomic mass is 28.2. The maximum atomic E-state index is 6.09. The second-order valence-electron chi connectivity index (χ2n) is 6.37. The van der Waals surface area contributed by atoms with Crippen LogP contribution in [-0.4, -0.2) is 16.1 Å². The van der Waals surface area contributed by atoms with Crippen LogP contribution in [0.25, 0.3) is 0 Å². The summed E-state index contributed by atoms with van der Waals surface area (Å²) in [7, 11) is 0.797. The summed E-state index contributed by atoms with van der Waals surface area (Å²) < 4.78 is 6.09. The molecule has 0 aliphatic carbocycles. The molecule has 1 rings (SSSR count). The number of benzene rings is 1. The number of hydrogen-bond donors (Lipinski definition) is 0. The highest BCUT2D eigenvalue weighted by molar-refractivity contribution is 5.98. The third-order valence-corrected chi connectivity index (χ3v) is 5.92. The van der Waals surface area contributed by atoms with Gasteiger partial charge >= 0.3 is 0 Å². The molecule has 0 aliphatic rings. The molecule has 20 heavy (non-hydrogen) atoms. The van der Waals surface area contributed by atoms with Gasteiger partial charge in [-0.1, -0.05) is 69.9 Å². The molecule has 0 aliphatic heterocycles. The minimum Gasteiger partial charge on any atom is -0.422 e. The largest absolute Gasteiger partial charge is 0.422 e. The van der Waals surface area contributed by atoms with Crippen molar-refractivity contribution in [2.75, 3.05) is 0 Å². The highest BCUT2D eigenvalue weighted by Gasteiger charge is 2.44. The standard InChI is InChI=1S/C18H32OSi/c1-5-7-14-18(15-8-6-2,17(3,4)19-20)16-12-10-9-11-13-16/h9-13H,5-8,14-15H2,1-4,20H3. The minimum atomic E-state index is -0.0785. The molecular weight excluding hydrogens is 260 g/mol. The van der Waals surface area contributed by atoms with E-state index in [1.807, 2.05) is 0 Å². The molecule has 114 valence electrons. The first kappa shape index (κ1) is 17.4. The lowest BCUT2D eigenvalue weighted by molar-refractivity contribution is 0.0117. The van der Waals surface area contributed by atoms with E-state index in [0.717, 1.165) is 10.5 Å². The predicted octanol–water partition coefficient (Wildman–Crippen LogP) is 4.38. The molecule has 1 nitrogen and oxygen atoms in total. The van der Waals surface area contributed by atoms with Crippen LogP contribution in [0.2, 0.25) is 0 Å². The Labute approximate surface area is 128 Å². The Bertz CT molecular complexity index is 364. The van der Waals surface area contributed by atoms with E-state index < -0.39 is 0 Å². The normalized spacial score (nSPS) is 12.8. The van der Waals surface area contributed by atoms with Crippen LogP contribution in [0.5, 0.6) is 0 Å². The summed E-state index contributed by atoms with van der Waals surface area (Å²) in [4.78, 5) is 0. The van der Waals surface area contributed by atoms with Gasteiger partial charge in [-0.2, -0.15) is 0 Å². The molecule has 1 aromatic carbocycles. The molecule has 1 aromatic rings. The topological polar surface area (TPSA) is 9.23 Å². The summed E-state index contributed by atoms with van der Waals surface area (Å²) in [6.07, 6.45) is 7.49. The summed E-state index contributed by atoms with van der Waals surface area (Å²) in [5.74, 6) is 0. The van der Waals surface area contributed by atoms with Crippen LogP contribution in [0.15, 0.2) is 30.3 Å². The summed E-state index contributed by atoms with van der Waals surface area (Å²) in [6.45, 7) is 9.14. The van der Waals surface area contributed by atoms with Gasteiger partial charge in [-0.05, 0) is 32.3 Å². The molecule has 0 spiro atoms. The molecule has 0 N–H and O–H groups in total. The molecular formula is C18H32OSi. The second kappa shape index (κ2) is 7.99. The minimum absolute atomic E-state index is 0.0785. The molecule has 0 saturated heterocycles.